The number of guanidine groups is 1. The van der Waals surface area contributed by atoms with Crippen LogP contribution in [0.25, 0.3) is 0 Å². The van der Waals surface area contributed by atoms with E-state index >= 15 is 0 Å². The number of aryl methyl sites for hydroxylation is 1. The molecule has 2 aromatic carbocycles. The van der Waals surface area contributed by atoms with Crippen molar-refractivity contribution in [2.45, 2.75) is 38.3 Å². The lowest BCUT2D eigenvalue weighted by molar-refractivity contribution is 0.198. The second-order valence-corrected chi connectivity index (χ2v) is 7.90. The monoisotopic (exact) mass is 558 g/mol. The van der Waals surface area contributed by atoms with Crippen molar-refractivity contribution < 1.29 is 13.5 Å². The van der Waals surface area contributed by atoms with E-state index < -0.39 is 0 Å². The highest BCUT2D eigenvalue weighted by atomic mass is 127. The zero-order chi connectivity index (χ0) is 22.1. The van der Waals surface area contributed by atoms with Gasteiger partial charge in [0, 0.05) is 39.3 Å². The number of piperidine rings is 1. The van der Waals surface area contributed by atoms with Gasteiger partial charge in [-0.25, -0.2) is 8.78 Å². The second kappa shape index (κ2) is 13.6. The van der Waals surface area contributed by atoms with Crippen molar-refractivity contribution in [1.29, 1.82) is 0 Å². The minimum Gasteiger partial charge on any atom is -0.494 e. The number of halogens is 3. The van der Waals surface area contributed by atoms with E-state index in [0.717, 1.165) is 68.9 Å². The van der Waals surface area contributed by atoms with Crippen LogP contribution < -0.4 is 15.4 Å². The number of nitrogens with one attached hydrogen (secondary N) is 2. The quantitative estimate of drug-likeness (QED) is 0.219. The molecule has 176 valence electrons. The van der Waals surface area contributed by atoms with Gasteiger partial charge < -0.3 is 15.4 Å². The number of ether oxygens (including phenoxy) is 1. The number of rotatable bonds is 8. The number of methoxy groups -OCH3 is 1. The lowest BCUT2D eigenvalue weighted by atomic mass is 10.0. The smallest absolute Gasteiger partial charge is 0.191 e. The Labute approximate surface area is 206 Å². The van der Waals surface area contributed by atoms with Gasteiger partial charge in [-0.15, -0.1) is 24.0 Å². The SMILES string of the molecule is CN=C(NCCCc1cccc(F)c1)NC1CCN(Cc2ccc(OC)c(F)c2)CC1.I. The summed E-state index contributed by atoms with van der Waals surface area (Å²) in [5.41, 5.74) is 1.97. The number of likely N-dealkylation sites (tertiary alicyclic amines) is 1. The summed E-state index contributed by atoms with van der Waals surface area (Å²) in [5.74, 6) is 0.576. The van der Waals surface area contributed by atoms with Gasteiger partial charge in [0.05, 0.1) is 7.11 Å². The molecule has 1 aliphatic rings. The lowest BCUT2D eigenvalue weighted by Gasteiger charge is -2.33. The van der Waals surface area contributed by atoms with Crippen LogP contribution in [0.15, 0.2) is 47.5 Å². The van der Waals surface area contributed by atoms with E-state index in [4.69, 9.17) is 4.74 Å². The minimum absolute atomic E-state index is 0. The topological polar surface area (TPSA) is 48.9 Å². The van der Waals surface area contributed by atoms with Crippen molar-refractivity contribution in [1.82, 2.24) is 15.5 Å². The van der Waals surface area contributed by atoms with E-state index in [0.29, 0.717) is 6.04 Å². The summed E-state index contributed by atoms with van der Waals surface area (Å²) in [6.45, 7) is 3.41. The first-order valence-corrected chi connectivity index (χ1v) is 10.8. The highest BCUT2D eigenvalue weighted by Crippen LogP contribution is 2.20. The van der Waals surface area contributed by atoms with Gasteiger partial charge in [-0.3, -0.25) is 9.89 Å². The van der Waals surface area contributed by atoms with Gasteiger partial charge >= 0.3 is 0 Å². The van der Waals surface area contributed by atoms with Crippen molar-refractivity contribution in [3.8, 4) is 5.75 Å². The van der Waals surface area contributed by atoms with Crippen LogP contribution in [0.2, 0.25) is 0 Å². The molecule has 0 aromatic heterocycles. The third-order valence-electron chi connectivity index (χ3n) is 5.60. The molecule has 0 atom stereocenters. The van der Waals surface area contributed by atoms with E-state index in [9.17, 15) is 8.78 Å². The van der Waals surface area contributed by atoms with E-state index in [2.05, 4.69) is 20.5 Å². The minimum atomic E-state index is -0.316. The predicted octanol–water partition coefficient (Wildman–Crippen LogP) is 4.35. The summed E-state index contributed by atoms with van der Waals surface area (Å²) < 4.78 is 32.1. The zero-order valence-corrected chi connectivity index (χ0v) is 21.1. The van der Waals surface area contributed by atoms with Crippen LogP contribution in [0, 0.1) is 11.6 Å². The number of aliphatic imine (C=N–C) groups is 1. The predicted molar refractivity (Wildman–Crippen MR) is 136 cm³/mol. The molecular weight excluding hydrogens is 525 g/mol. The van der Waals surface area contributed by atoms with Crippen molar-refractivity contribution in [2.75, 3.05) is 33.8 Å². The first kappa shape index (κ1) is 26.3. The van der Waals surface area contributed by atoms with Crippen LogP contribution in [0.1, 0.15) is 30.4 Å². The van der Waals surface area contributed by atoms with Crippen molar-refractivity contribution >= 4 is 29.9 Å². The maximum atomic E-state index is 13.9. The zero-order valence-electron chi connectivity index (χ0n) is 18.7. The summed E-state index contributed by atoms with van der Waals surface area (Å²) >= 11 is 0. The van der Waals surface area contributed by atoms with Gasteiger partial charge in [0.1, 0.15) is 5.82 Å². The first-order chi connectivity index (χ1) is 15.1. The summed E-state index contributed by atoms with van der Waals surface area (Å²) in [6, 6.07) is 12.3. The third kappa shape index (κ3) is 8.20. The molecule has 2 N–H and O–H groups in total. The fraction of sp³-hybridized carbons (Fsp3) is 0.458. The Morgan fingerprint density at radius 3 is 2.56 bits per heavy atom. The number of hydrogen-bond acceptors (Lipinski definition) is 3. The molecule has 5 nitrogen and oxygen atoms in total. The average molecular weight is 558 g/mol. The van der Waals surface area contributed by atoms with Crippen LogP contribution in [0.5, 0.6) is 5.75 Å². The average Bonchev–Trinajstić information content (AvgIpc) is 2.77. The Bertz CT molecular complexity index is 873. The number of nitrogens with zero attached hydrogens (tertiary/aromatic N) is 2. The van der Waals surface area contributed by atoms with Crippen molar-refractivity contribution in [2.24, 2.45) is 4.99 Å². The number of benzene rings is 2. The molecule has 0 amide bonds. The molecule has 3 rings (SSSR count). The molecule has 0 bridgehead atoms. The molecule has 2 aromatic rings. The fourth-order valence-corrected chi connectivity index (χ4v) is 3.88. The summed E-state index contributed by atoms with van der Waals surface area (Å²) in [6.07, 6.45) is 3.73. The van der Waals surface area contributed by atoms with Crippen LogP contribution in [0.3, 0.4) is 0 Å². The van der Waals surface area contributed by atoms with Crippen LogP contribution >= 0.6 is 24.0 Å². The highest BCUT2D eigenvalue weighted by Gasteiger charge is 2.20. The lowest BCUT2D eigenvalue weighted by Crippen LogP contribution is -2.48. The molecule has 1 heterocycles. The Morgan fingerprint density at radius 1 is 1.12 bits per heavy atom. The van der Waals surface area contributed by atoms with Gasteiger partial charge in [-0.1, -0.05) is 18.2 Å². The van der Waals surface area contributed by atoms with Crippen molar-refractivity contribution in [3.63, 3.8) is 0 Å². The maximum Gasteiger partial charge on any atom is 0.191 e. The van der Waals surface area contributed by atoms with Gasteiger partial charge in [0.25, 0.3) is 0 Å². The van der Waals surface area contributed by atoms with Crippen molar-refractivity contribution in [3.05, 3.63) is 65.2 Å². The standard InChI is InChI=1S/C24H32F2N4O.HI/c1-27-24(28-12-4-6-18-5-3-7-20(25)15-18)29-21-10-13-30(14-11-21)17-19-8-9-23(31-2)22(26)16-19;/h3,5,7-9,15-16,21H,4,6,10-14,17H2,1-2H3,(H2,27,28,29);1H. The molecule has 0 radical (unpaired) electrons. The van der Waals surface area contributed by atoms with E-state index in [1.807, 2.05) is 12.1 Å². The maximum absolute atomic E-state index is 13.9. The Balaban J connectivity index is 0.00000363. The summed E-state index contributed by atoms with van der Waals surface area (Å²) in [7, 11) is 3.25. The van der Waals surface area contributed by atoms with Gasteiger partial charge in [0.15, 0.2) is 17.5 Å². The van der Waals surface area contributed by atoms with E-state index in [-0.39, 0.29) is 41.4 Å². The molecule has 0 aliphatic carbocycles. The largest absolute Gasteiger partial charge is 0.494 e. The molecular formula is C24H33F2IN4O. The van der Waals surface area contributed by atoms with Crippen LogP contribution in [-0.4, -0.2) is 50.7 Å². The summed E-state index contributed by atoms with van der Waals surface area (Å²) in [5, 5.41) is 6.85. The Hall–Kier alpha value is -1.94. The van der Waals surface area contributed by atoms with Crippen LogP contribution in [-0.2, 0) is 13.0 Å². The molecule has 1 fully saturated rings. The fourth-order valence-electron chi connectivity index (χ4n) is 3.88. The van der Waals surface area contributed by atoms with E-state index in [1.54, 1.807) is 31.3 Å². The molecule has 1 aliphatic heterocycles. The molecule has 0 spiro atoms. The highest BCUT2D eigenvalue weighted by molar-refractivity contribution is 14.0. The molecule has 32 heavy (non-hydrogen) atoms. The van der Waals surface area contributed by atoms with Crippen LogP contribution in [0.4, 0.5) is 8.78 Å². The second-order valence-electron chi connectivity index (χ2n) is 7.90. The van der Waals surface area contributed by atoms with Gasteiger partial charge in [-0.05, 0) is 61.1 Å². The molecule has 1 saturated heterocycles. The Morgan fingerprint density at radius 2 is 1.91 bits per heavy atom. The van der Waals surface area contributed by atoms with Gasteiger partial charge in [0.2, 0.25) is 0 Å². The van der Waals surface area contributed by atoms with Gasteiger partial charge in [-0.2, -0.15) is 0 Å². The first-order valence-electron chi connectivity index (χ1n) is 10.8. The number of hydrogen-bond donors (Lipinski definition) is 2. The third-order valence-corrected chi connectivity index (χ3v) is 5.60. The molecule has 8 heteroatoms. The molecule has 0 unspecified atom stereocenters. The summed E-state index contributed by atoms with van der Waals surface area (Å²) in [4.78, 5) is 6.66. The Kier molecular flexibility index (Phi) is 11.2. The van der Waals surface area contributed by atoms with E-state index in [1.165, 1.54) is 13.2 Å². The normalized spacial score (nSPS) is 15.2. The molecule has 0 saturated carbocycles.